The lowest BCUT2D eigenvalue weighted by atomic mass is 10.2. The maximum absolute atomic E-state index is 12.4. The number of hydrogen-bond acceptors (Lipinski definition) is 6. The van der Waals surface area contributed by atoms with E-state index in [0.717, 1.165) is 30.2 Å². The molecule has 0 radical (unpaired) electrons. The van der Waals surface area contributed by atoms with Gasteiger partial charge in [-0.15, -0.1) is 0 Å². The number of aromatic nitrogens is 1. The zero-order valence-electron chi connectivity index (χ0n) is 13.8. The Morgan fingerprint density at radius 1 is 1.33 bits per heavy atom. The summed E-state index contributed by atoms with van der Waals surface area (Å²) in [6.07, 6.45) is 1.40. The van der Waals surface area contributed by atoms with Gasteiger partial charge in [-0.05, 0) is 24.6 Å². The summed E-state index contributed by atoms with van der Waals surface area (Å²) in [5.74, 6) is 3.48. The smallest absolute Gasteiger partial charge is 0.275 e. The first-order valence-electron chi connectivity index (χ1n) is 7.76. The van der Waals surface area contributed by atoms with Gasteiger partial charge in [0.05, 0.1) is 7.11 Å². The zero-order valence-corrected chi connectivity index (χ0v) is 14.6. The van der Waals surface area contributed by atoms with Crippen LogP contribution in [0, 0.1) is 6.92 Å². The summed E-state index contributed by atoms with van der Waals surface area (Å²) in [6.45, 7) is 3.63. The number of amides is 1. The standard InChI is InChI=1S/C17H20N2O4S/c1-12-3-4-14(15(9-12)21-2)22-11-16-18-13(10-23-16)17(20)19-5-7-24-8-6-19/h3-4,9-10H,5-8,11H2,1-2H3. The lowest BCUT2D eigenvalue weighted by Crippen LogP contribution is -2.38. The van der Waals surface area contributed by atoms with Crippen molar-refractivity contribution in [1.29, 1.82) is 0 Å². The molecule has 0 bridgehead atoms. The largest absolute Gasteiger partial charge is 0.493 e. The van der Waals surface area contributed by atoms with Gasteiger partial charge in [0.15, 0.2) is 23.8 Å². The minimum absolute atomic E-state index is 0.0850. The van der Waals surface area contributed by atoms with E-state index < -0.39 is 0 Å². The average molecular weight is 348 g/mol. The summed E-state index contributed by atoms with van der Waals surface area (Å²) in [5, 5.41) is 0. The van der Waals surface area contributed by atoms with Gasteiger partial charge in [0.2, 0.25) is 5.89 Å². The SMILES string of the molecule is COc1cc(C)ccc1OCc1nc(C(=O)N2CCSCC2)co1. The second kappa shape index (κ2) is 7.61. The van der Waals surface area contributed by atoms with Gasteiger partial charge in [0.25, 0.3) is 5.91 Å². The van der Waals surface area contributed by atoms with Crippen LogP contribution in [0.25, 0.3) is 0 Å². The molecule has 0 N–H and O–H groups in total. The molecule has 1 fully saturated rings. The maximum Gasteiger partial charge on any atom is 0.275 e. The summed E-state index contributed by atoms with van der Waals surface area (Å²) in [7, 11) is 1.60. The highest BCUT2D eigenvalue weighted by molar-refractivity contribution is 7.99. The van der Waals surface area contributed by atoms with Crippen molar-refractivity contribution in [2.24, 2.45) is 0 Å². The molecule has 2 aromatic rings. The second-order valence-corrected chi connectivity index (χ2v) is 6.70. The summed E-state index contributed by atoms with van der Waals surface area (Å²) in [5.41, 5.74) is 1.42. The molecule has 1 aromatic heterocycles. The monoisotopic (exact) mass is 348 g/mol. The first-order valence-corrected chi connectivity index (χ1v) is 8.91. The van der Waals surface area contributed by atoms with Crippen molar-refractivity contribution >= 4 is 17.7 Å². The molecule has 0 saturated carbocycles. The number of thioether (sulfide) groups is 1. The molecule has 2 heterocycles. The highest BCUT2D eigenvalue weighted by atomic mass is 32.2. The number of carbonyl (C=O) groups is 1. The highest BCUT2D eigenvalue weighted by Crippen LogP contribution is 2.28. The molecule has 0 aliphatic carbocycles. The van der Waals surface area contributed by atoms with E-state index in [2.05, 4.69) is 4.98 Å². The van der Waals surface area contributed by atoms with Crippen molar-refractivity contribution in [3.05, 3.63) is 41.6 Å². The van der Waals surface area contributed by atoms with E-state index in [-0.39, 0.29) is 12.5 Å². The number of nitrogens with zero attached hydrogens (tertiary/aromatic N) is 2. The Labute approximate surface area is 145 Å². The Balaban J connectivity index is 1.63. The average Bonchev–Trinajstić information content (AvgIpc) is 3.09. The summed E-state index contributed by atoms with van der Waals surface area (Å²) in [4.78, 5) is 18.4. The number of hydrogen-bond donors (Lipinski definition) is 0. The van der Waals surface area contributed by atoms with Crippen LogP contribution >= 0.6 is 11.8 Å². The van der Waals surface area contributed by atoms with Gasteiger partial charge in [0.1, 0.15) is 6.26 Å². The van der Waals surface area contributed by atoms with Crippen LogP contribution in [-0.2, 0) is 6.61 Å². The van der Waals surface area contributed by atoms with Gasteiger partial charge >= 0.3 is 0 Å². The van der Waals surface area contributed by atoms with Crippen molar-refractivity contribution < 1.29 is 18.7 Å². The van der Waals surface area contributed by atoms with E-state index in [1.165, 1.54) is 6.26 Å². The van der Waals surface area contributed by atoms with Crippen LogP contribution < -0.4 is 9.47 Å². The van der Waals surface area contributed by atoms with E-state index in [9.17, 15) is 4.79 Å². The van der Waals surface area contributed by atoms with Gasteiger partial charge in [-0.1, -0.05) is 6.07 Å². The van der Waals surface area contributed by atoms with E-state index in [1.807, 2.05) is 41.8 Å². The van der Waals surface area contributed by atoms with Crippen LogP contribution in [0.1, 0.15) is 21.9 Å². The molecule has 7 heteroatoms. The second-order valence-electron chi connectivity index (χ2n) is 5.47. The third-order valence-electron chi connectivity index (χ3n) is 3.74. The fourth-order valence-corrected chi connectivity index (χ4v) is 3.34. The molecule has 1 saturated heterocycles. The molecule has 1 aromatic carbocycles. The number of oxazole rings is 1. The Bertz CT molecular complexity index is 710. The molecule has 0 unspecified atom stereocenters. The summed E-state index contributed by atoms with van der Waals surface area (Å²) in [6, 6.07) is 5.68. The third kappa shape index (κ3) is 3.84. The Hall–Kier alpha value is -2.15. The Morgan fingerprint density at radius 3 is 2.88 bits per heavy atom. The van der Waals surface area contributed by atoms with Gasteiger partial charge in [-0.2, -0.15) is 11.8 Å². The molecular weight excluding hydrogens is 328 g/mol. The summed E-state index contributed by atoms with van der Waals surface area (Å²) < 4.78 is 16.4. The van der Waals surface area contributed by atoms with Crippen LogP contribution in [0.3, 0.4) is 0 Å². The van der Waals surface area contributed by atoms with Crippen LogP contribution in [0.4, 0.5) is 0 Å². The van der Waals surface area contributed by atoms with Gasteiger partial charge < -0.3 is 18.8 Å². The minimum Gasteiger partial charge on any atom is -0.493 e. The van der Waals surface area contributed by atoms with Crippen LogP contribution in [0.2, 0.25) is 0 Å². The van der Waals surface area contributed by atoms with E-state index in [1.54, 1.807) is 7.11 Å². The highest BCUT2D eigenvalue weighted by Gasteiger charge is 2.21. The van der Waals surface area contributed by atoms with Crippen molar-refractivity contribution in [3.8, 4) is 11.5 Å². The number of ether oxygens (including phenoxy) is 2. The minimum atomic E-state index is -0.0850. The predicted molar refractivity (Wildman–Crippen MR) is 91.8 cm³/mol. The fourth-order valence-electron chi connectivity index (χ4n) is 2.44. The third-order valence-corrected chi connectivity index (χ3v) is 4.68. The van der Waals surface area contributed by atoms with Gasteiger partial charge in [0, 0.05) is 24.6 Å². The Kier molecular flexibility index (Phi) is 5.30. The zero-order chi connectivity index (χ0) is 16.9. The van der Waals surface area contributed by atoms with Gasteiger partial charge in [-0.3, -0.25) is 4.79 Å². The molecule has 1 aliphatic heterocycles. The number of methoxy groups -OCH3 is 1. The normalized spacial score (nSPS) is 14.5. The first-order chi connectivity index (χ1) is 11.7. The van der Waals surface area contributed by atoms with E-state index >= 15 is 0 Å². The molecule has 1 aliphatic rings. The molecule has 3 rings (SSSR count). The number of benzene rings is 1. The number of carbonyl (C=O) groups excluding carboxylic acids is 1. The van der Waals surface area contributed by atoms with Crippen molar-refractivity contribution in [2.45, 2.75) is 13.5 Å². The van der Waals surface area contributed by atoms with Crippen LogP contribution in [0.15, 0.2) is 28.9 Å². The molecule has 24 heavy (non-hydrogen) atoms. The Morgan fingerprint density at radius 2 is 2.12 bits per heavy atom. The molecule has 128 valence electrons. The lowest BCUT2D eigenvalue weighted by molar-refractivity contribution is 0.0766. The fraction of sp³-hybridized carbons (Fsp3) is 0.412. The van der Waals surface area contributed by atoms with Crippen LogP contribution in [-0.4, -0.2) is 47.5 Å². The molecule has 1 amide bonds. The molecule has 0 atom stereocenters. The molecule has 0 spiro atoms. The molecule has 6 nitrogen and oxygen atoms in total. The van der Waals surface area contributed by atoms with E-state index in [0.29, 0.717) is 23.1 Å². The van der Waals surface area contributed by atoms with Crippen molar-refractivity contribution in [3.63, 3.8) is 0 Å². The van der Waals surface area contributed by atoms with Crippen LogP contribution in [0.5, 0.6) is 11.5 Å². The quantitative estimate of drug-likeness (QED) is 0.828. The first kappa shape index (κ1) is 16.7. The number of aryl methyl sites for hydroxylation is 1. The van der Waals surface area contributed by atoms with Crippen molar-refractivity contribution in [2.75, 3.05) is 31.7 Å². The topological polar surface area (TPSA) is 64.8 Å². The molecular formula is C17H20N2O4S. The predicted octanol–water partition coefficient (Wildman–Crippen LogP) is 2.76. The summed E-state index contributed by atoms with van der Waals surface area (Å²) >= 11 is 1.86. The van der Waals surface area contributed by atoms with Crippen molar-refractivity contribution in [1.82, 2.24) is 9.88 Å². The van der Waals surface area contributed by atoms with Gasteiger partial charge in [-0.25, -0.2) is 4.98 Å². The maximum atomic E-state index is 12.4. The number of rotatable bonds is 5. The lowest BCUT2D eigenvalue weighted by Gasteiger charge is -2.25. The van der Waals surface area contributed by atoms with E-state index in [4.69, 9.17) is 13.9 Å².